The molecule has 0 spiro atoms. The fourth-order valence-electron chi connectivity index (χ4n) is 2.52. The van der Waals surface area contributed by atoms with Gasteiger partial charge in [0, 0.05) is 5.02 Å². The van der Waals surface area contributed by atoms with Crippen LogP contribution in [0.2, 0.25) is 5.02 Å². The maximum Gasteiger partial charge on any atom is 0.0579 e. The van der Waals surface area contributed by atoms with Crippen LogP contribution in [0, 0.1) is 6.92 Å². The number of rotatable bonds is 5. The third kappa shape index (κ3) is 3.41. The molecule has 0 aromatic heterocycles. The Bertz CT molecular complexity index is 560. The van der Waals surface area contributed by atoms with Gasteiger partial charge in [-0.3, -0.25) is 0 Å². The zero-order chi connectivity index (χ0) is 14.5. The molecule has 0 saturated carbocycles. The van der Waals surface area contributed by atoms with Gasteiger partial charge in [0.25, 0.3) is 0 Å². The predicted octanol–water partition coefficient (Wildman–Crippen LogP) is 4.91. The Kier molecular flexibility index (Phi) is 5.22. The second-order valence-electron chi connectivity index (χ2n) is 5.09. The number of hydrogen-bond acceptors (Lipinski definition) is 1. The Hall–Kier alpha value is -1.31. The van der Waals surface area contributed by atoms with Crippen molar-refractivity contribution in [1.29, 1.82) is 0 Å². The van der Waals surface area contributed by atoms with Crippen molar-refractivity contribution >= 4 is 11.6 Å². The molecule has 0 radical (unpaired) electrons. The van der Waals surface area contributed by atoms with Crippen LogP contribution < -0.4 is 5.32 Å². The first kappa shape index (κ1) is 15.1. The quantitative estimate of drug-likeness (QED) is 0.824. The standard InChI is InChI=1S/C18H22ClN/c1-4-14-6-8-15(9-7-14)18(20-5-2)17-11-10-16(19)12-13(17)3/h6-12,18,20H,4-5H2,1-3H3. The summed E-state index contributed by atoms with van der Waals surface area (Å²) in [5.74, 6) is 0. The van der Waals surface area contributed by atoms with Gasteiger partial charge in [-0.15, -0.1) is 0 Å². The van der Waals surface area contributed by atoms with E-state index in [2.05, 4.69) is 56.4 Å². The summed E-state index contributed by atoms with van der Waals surface area (Å²) < 4.78 is 0. The molecule has 0 fully saturated rings. The average molecular weight is 288 g/mol. The Morgan fingerprint density at radius 2 is 1.75 bits per heavy atom. The maximum atomic E-state index is 6.06. The molecule has 0 heterocycles. The summed E-state index contributed by atoms with van der Waals surface area (Å²) in [6, 6.07) is 15.2. The van der Waals surface area contributed by atoms with E-state index < -0.39 is 0 Å². The van der Waals surface area contributed by atoms with E-state index in [0.717, 1.165) is 18.0 Å². The lowest BCUT2D eigenvalue weighted by molar-refractivity contribution is 0.627. The maximum absolute atomic E-state index is 6.06. The van der Waals surface area contributed by atoms with E-state index in [1.807, 2.05) is 12.1 Å². The van der Waals surface area contributed by atoms with Crippen molar-refractivity contribution in [2.45, 2.75) is 33.2 Å². The summed E-state index contributed by atoms with van der Waals surface area (Å²) in [5, 5.41) is 4.36. The van der Waals surface area contributed by atoms with Gasteiger partial charge in [0.05, 0.1) is 6.04 Å². The second kappa shape index (κ2) is 6.92. The van der Waals surface area contributed by atoms with E-state index in [0.29, 0.717) is 0 Å². The van der Waals surface area contributed by atoms with Gasteiger partial charge in [-0.05, 0) is 54.3 Å². The Balaban J connectivity index is 2.38. The highest BCUT2D eigenvalue weighted by atomic mass is 35.5. The summed E-state index contributed by atoms with van der Waals surface area (Å²) in [6.07, 6.45) is 1.08. The van der Waals surface area contributed by atoms with E-state index in [1.54, 1.807) is 0 Å². The highest BCUT2D eigenvalue weighted by Crippen LogP contribution is 2.27. The van der Waals surface area contributed by atoms with Crippen LogP contribution in [0.3, 0.4) is 0 Å². The zero-order valence-corrected chi connectivity index (χ0v) is 13.2. The van der Waals surface area contributed by atoms with E-state index in [1.165, 1.54) is 22.3 Å². The van der Waals surface area contributed by atoms with Gasteiger partial charge in [-0.25, -0.2) is 0 Å². The molecule has 0 saturated heterocycles. The van der Waals surface area contributed by atoms with Crippen molar-refractivity contribution in [3.8, 4) is 0 Å². The summed E-state index contributed by atoms with van der Waals surface area (Å²) in [4.78, 5) is 0. The van der Waals surface area contributed by atoms with Crippen LogP contribution in [0.5, 0.6) is 0 Å². The van der Waals surface area contributed by atoms with Crippen molar-refractivity contribution in [3.05, 3.63) is 69.7 Å². The minimum atomic E-state index is 0.225. The molecule has 2 aromatic rings. The SMILES string of the molecule is CCNC(c1ccc(CC)cc1)c1ccc(Cl)cc1C. The Labute approximate surface area is 127 Å². The average Bonchev–Trinajstić information content (AvgIpc) is 2.46. The summed E-state index contributed by atoms with van der Waals surface area (Å²) >= 11 is 6.06. The van der Waals surface area contributed by atoms with Crippen molar-refractivity contribution in [2.24, 2.45) is 0 Å². The molecule has 0 aliphatic rings. The van der Waals surface area contributed by atoms with E-state index in [4.69, 9.17) is 11.6 Å². The first-order valence-corrected chi connectivity index (χ1v) is 7.61. The Morgan fingerprint density at radius 3 is 2.30 bits per heavy atom. The third-order valence-electron chi connectivity index (χ3n) is 3.67. The number of nitrogens with one attached hydrogen (secondary N) is 1. The van der Waals surface area contributed by atoms with Crippen LogP contribution in [0.15, 0.2) is 42.5 Å². The largest absolute Gasteiger partial charge is 0.307 e. The number of aryl methyl sites for hydroxylation is 2. The molecule has 0 bridgehead atoms. The van der Waals surface area contributed by atoms with Gasteiger partial charge in [-0.1, -0.05) is 55.8 Å². The van der Waals surface area contributed by atoms with Crippen LogP contribution in [0.25, 0.3) is 0 Å². The second-order valence-corrected chi connectivity index (χ2v) is 5.52. The molecule has 1 nitrogen and oxygen atoms in total. The summed E-state index contributed by atoms with van der Waals surface area (Å²) in [5.41, 5.74) is 5.19. The van der Waals surface area contributed by atoms with Crippen molar-refractivity contribution < 1.29 is 0 Å². The lowest BCUT2D eigenvalue weighted by atomic mass is 9.94. The van der Waals surface area contributed by atoms with Gasteiger partial charge >= 0.3 is 0 Å². The van der Waals surface area contributed by atoms with Crippen molar-refractivity contribution in [1.82, 2.24) is 5.32 Å². The first-order valence-electron chi connectivity index (χ1n) is 7.24. The first-order chi connectivity index (χ1) is 9.65. The molecule has 0 aliphatic heterocycles. The van der Waals surface area contributed by atoms with Crippen molar-refractivity contribution in [3.63, 3.8) is 0 Å². The van der Waals surface area contributed by atoms with Crippen LogP contribution in [-0.4, -0.2) is 6.54 Å². The van der Waals surface area contributed by atoms with E-state index in [9.17, 15) is 0 Å². The highest BCUT2D eigenvalue weighted by molar-refractivity contribution is 6.30. The topological polar surface area (TPSA) is 12.0 Å². The number of hydrogen-bond donors (Lipinski definition) is 1. The van der Waals surface area contributed by atoms with E-state index >= 15 is 0 Å². The molecular formula is C18H22ClN. The van der Waals surface area contributed by atoms with Gasteiger partial charge in [-0.2, -0.15) is 0 Å². The molecular weight excluding hydrogens is 266 g/mol. The lowest BCUT2D eigenvalue weighted by Crippen LogP contribution is -2.22. The smallest absolute Gasteiger partial charge is 0.0579 e. The molecule has 1 N–H and O–H groups in total. The van der Waals surface area contributed by atoms with Crippen LogP contribution in [0.1, 0.15) is 42.1 Å². The van der Waals surface area contributed by atoms with Crippen LogP contribution in [-0.2, 0) is 6.42 Å². The van der Waals surface area contributed by atoms with Gasteiger partial charge in [0.1, 0.15) is 0 Å². The molecule has 0 aliphatic carbocycles. The van der Waals surface area contributed by atoms with Crippen LogP contribution in [0.4, 0.5) is 0 Å². The van der Waals surface area contributed by atoms with Gasteiger partial charge in [0.2, 0.25) is 0 Å². The minimum Gasteiger partial charge on any atom is -0.307 e. The molecule has 106 valence electrons. The number of benzene rings is 2. The molecule has 0 amide bonds. The van der Waals surface area contributed by atoms with Gasteiger partial charge < -0.3 is 5.32 Å². The third-order valence-corrected chi connectivity index (χ3v) is 3.91. The molecule has 1 unspecified atom stereocenters. The normalized spacial score (nSPS) is 12.4. The fourth-order valence-corrected chi connectivity index (χ4v) is 2.75. The lowest BCUT2D eigenvalue weighted by Gasteiger charge is -2.21. The summed E-state index contributed by atoms with van der Waals surface area (Å²) in [7, 11) is 0. The highest BCUT2D eigenvalue weighted by Gasteiger charge is 2.15. The van der Waals surface area contributed by atoms with E-state index in [-0.39, 0.29) is 6.04 Å². The van der Waals surface area contributed by atoms with Crippen LogP contribution >= 0.6 is 11.6 Å². The molecule has 2 rings (SSSR count). The molecule has 2 aromatic carbocycles. The minimum absolute atomic E-state index is 0.225. The molecule has 2 heteroatoms. The zero-order valence-electron chi connectivity index (χ0n) is 12.4. The predicted molar refractivity (Wildman–Crippen MR) is 87.5 cm³/mol. The molecule has 1 atom stereocenters. The van der Waals surface area contributed by atoms with Gasteiger partial charge in [0.15, 0.2) is 0 Å². The Morgan fingerprint density at radius 1 is 1.05 bits per heavy atom. The monoisotopic (exact) mass is 287 g/mol. The fraction of sp³-hybridized carbons (Fsp3) is 0.333. The van der Waals surface area contributed by atoms with Crippen molar-refractivity contribution in [2.75, 3.05) is 6.54 Å². The summed E-state index contributed by atoms with van der Waals surface area (Å²) in [6.45, 7) is 7.37. The number of halogens is 1. The molecule has 20 heavy (non-hydrogen) atoms.